The summed E-state index contributed by atoms with van der Waals surface area (Å²) in [6.07, 6.45) is -3.72. The molecule has 0 fully saturated rings. The second-order valence-electron chi connectivity index (χ2n) is 5.70. The maximum absolute atomic E-state index is 13.1. The zero-order valence-electron chi connectivity index (χ0n) is 14.2. The van der Waals surface area contributed by atoms with Gasteiger partial charge >= 0.3 is 6.18 Å². The molecule has 1 amide bonds. The van der Waals surface area contributed by atoms with Crippen LogP contribution in [0, 0.1) is 0 Å². The van der Waals surface area contributed by atoms with Crippen molar-refractivity contribution in [2.45, 2.75) is 6.18 Å². The van der Waals surface area contributed by atoms with E-state index in [0.29, 0.717) is 16.8 Å². The molecule has 1 N–H and O–H groups in total. The number of rotatable bonds is 4. The first-order chi connectivity index (χ1) is 12.9. The summed E-state index contributed by atoms with van der Waals surface area (Å²) in [5.41, 5.74) is 2.24. The fourth-order valence-corrected chi connectivity index (χ4v) is 2.52. The topological polar surface area (TPSA) is 59.3 Å². The van der Waals surface area contributed by atoms with Gasteiger partial charge in [0, 0.05) is 24.4 Å². The molecule has 0 aliphatic carbocycles. The van der Waals surface area contributed by atoms with Gasteiger partial charge in [-0.15, -0.1) is 0 Å². The van der Waals surface area contributed by atoms with Crippen LogP contribution in [-0.2, 0) is 13.2 Å². The fourth-order valence-electron chi connectivity index (χ4n) is 2.52. The van der Waals surface area contributed by atoms with E-state index in [4.69, 9.17) is 0 Å². The molecule has 1 heterocycles. The van der Waals surface area contributed by atoms with Gasteiger partial charge in [-0.2, -0.15) is 23.4 Å². The minimum absolute atomic E-state index is 0.432. The standard InChI is InChI=1S/C19H15F3N4O/c1-26-12-15(17(25-26)19(20,21)22)18(27)24-23-16(13-8-4-2-5-9-13)14-10-6-3-7-11-14/h2-12H,1H3,(H,24,27). The van der Waals surface area contributed by atoms with Crippen molar-refractivity contribution >= 4 is 11.6 Å². The first-order valence-corrected chi connectivity index (χ1v) is 7.96. The van der Waals surface area contributed by atoms with Crippen LogP contribution in [-0.4, -0.2) is 21.4 Å². The monoisotopic (exact) mass is 372 g/mol. The summed E-state index contributed by atoms with van der Waals surface area (Å²) in [6, 6.07) is 18.1. The van der Waals surface area contributed by atoms with Gasteiger partial charge in [0.2, 0.25) is 0 Å². The summed E-state index contributed by atoms with van der Waals surface area (Å²) < 4.78 is 40.1. The van der Waals surface area contributed by atoms with E-state index in [9.17, 15) is 18.0 Å². The highest BCUT2D eigenvalue weighted by Crippen LogP contribution is 2.30. The average molecular weight is 372 g/mol. The summed E-state index contributed by atoms with van der Waals surface area (Å²) in [6.45, 7) is 0. The number of aromatic nitrogens is 2. The molecule has 0 atom stereocenters. The summed E-state index contributed by atoms with van der Waals surface area (Å²) in [5, 5.41) is 7.41. The van der Waals surface area contributed by atoms with Crippen LogP contribution in [0.4, 0.5) is 13.2 Å². The number of amides is 1. The lowest BCUT2D eigenvalue weighted by molar-refractivity contribution is -0.141. The van der Waals surface area contributed by atoms with E-state index in [-0.39, 0.29) is 0 Å². The summed E-state index contributed by atoms with van der Waals surface area (Å²) in [7, 11) is 1.31. The minimum atomic E-state index is -4.74. The zero-order valence-corrected chi connectivity index (χ0v) is 14.2. The highest BCUT2D eigenvalue weighted by molar-refractivity contribution is 6.13. The third-order valence-electron chi connectivity index (χ3n) is 3.71. The van der Waals surface area contributed by atoms with Gasteiger partial charge in [-0.05, 0) is 0 Å². The molecule has 0 aliphatic heterocycles. The van der Waals surface area contributed by atoms with Crippen LogP contribution >= 0.6 is 0 Å². The van der Waals surface area contributed by atoms with Crippen LogP contribution in [0.15, 0.2) is 72.0 Å². The smallest absolute Gasteiger partial charge is 0.274 e. The lowest BCUT2D eigenvalue weighted by atomic mass is 10.0. The Morgan fingerprint density at radius 1 is 1.00 bits per heavy atom. The number of hydrogen-bond acceptors (Lipinski definition) is 3. The number of aryl methyl sites for hydroxylation is 1. The normalized spacial score (nSPS) is 11.1. The Labute approximate surface area is 153 Å². The van der Waals surface area contributed by atoms with Crippen molar-refractivity contribution in [2.24, 2.45) is 12.1 Å². The molecule has 2 aromatic carbocycles. The van der Waals surface area contributed by atoms with Gasteiger partial charge < -0.3 is 0 Å². The number of hydrogen-bond donors (Lipinski definition) is 1. The second kappa shape index (κ2) is 7.45. The maximum Gasteiger partial charge on any atom is 0.435 e. The van der Waals surface area contributed by atoms with Crippen molar-refractivity contribution in [1.29, 1.82) is 0 Å². The number of carbonyl (C=O) groups is 1. The summed E-state index contributed by atoms with van der Waals surface area (Å²) >= 11 is 0. The number of halogens is 3. The van der Waals surface area contributed by atoms with Gasteiger partial charge in [0.05, 0.1) is 11.3 Å². The number of hydrazone groups is 1. The van der Waals surface area contributed by atoms with Gasteiger partial charge in [-0.25, -0.2) is 5.43 Å². The molecule has 3 rings (SSSR count). The quantitative estimate of drug-likeness (QED) is 0.562. The lowest BCUT2D eigenvalue weighted by Crippen LogP contribution is -2.23. The van der Waals surface area contributed by atoms with Crippen LogP contribution in [0.2, 0.25) is 0 Å². The van der Waals surface area contributed by atoms with Gasteiger partial charge in [-0.3, -0.25) is 9.48 Å². The van der Waals surface area contributed by atoms with Crippen molar-refractivity contribution in [3.05, 3.63) is 89.2 Å². The molecule has 138 valence electrons. The first-order valence-electron chi connectivity index (χ1n) is 7.96. The number of alkyl halides is 3. The molecule has 0 saturated carbocycles. The van der Waals surface area contributed by atoms with E-state index < -0.39 is 23.3 Å². The van der Waals surface area contributed by atoms with E-state index in [2.05, 4.69) is 15.6 Å². The number of carbonyl (C=O) groups excluding carboxylic acids is 1. The molecule has 0 aliphatic rings. The zero-order chi connectivity index (χ0) is 19.4. The van der Waals surface area contributed by atoms with Crippen molar-refractivity contribution < 1.29 is 18.0 Å². The van der Waals surface area contributed by atoms with E-state index >= 15 is 0 Å². The lowest BCUT2D eigenvalue weighted by Gasteiger charge is -2.08. The highest BCUT2D eigenvalue weighted by Gasteiger charge is 2.39. The number of benzene rings is 2. The summed E-state index contributed by atoms with van der Waals surface area (Å²) in [4.78, 5) is 12.3. The second-order valence-corrected chi connectivity index (χ2v) is 5.70. The maximum atomic E-state index is 13.1. The van der Waals surface area contributed by atoms with Gasteiger partial charge in [0.15, 0.2) is 5.69 Å². The molecule has 3 aromatic rings. The van der Waals surface area contributed by atoms with Crippen LogP contribution < -0.4 is 5.43 Å². The SMILES string of the molecule is Cn1cc(C(=O)NN=C(c2ccccc2)c2ccccc2)c(C(F)(F)F)n1. The first kappa shape index (κ1) is 18.4. The van der Waals surface area contributed by atoms with Crippen LogP contribution in [0.5, 0.6) is 0 Å². The molecule has 0 unspecified atom stereocenters. The highest BCUT2D eigenvalue weighted by atomic mass is 19.4. The van der Waals surface area contributed by atoms with Gasteiger partial charge in [-0.1, -0.05) is 60.7 Å². The molecule has 0 bridgehead atoms. The van der Waals surface area contributed by atoms with Crippen LogP contribution in [0.3, 0.4) is 0 Å². The largest absolute Gasteiger partial charge is 0.435 e. The van der Waals surface area contributed by atoms with E-state index in [1.165, 1.54) is 7.05 Å². The predicted octanol–water partition coefficient (Wildman–Crippen LogP) is 3.62. The third-order valence-corrected chi connectivity index (χ3v) is 3.71. The number of nitrogens with one attached hydrogen (secondary N) is 1. The van der Waals surface area contributed by atoms with Crippen molar-refractivity contribution in [2.75, 3.05) is 0 Å². The molecule has 5 nitrogen and oxygen atoms in total. The molecule has 0 radical (unpaired) electrons. The molecule has 0 saturated heterocycles. The van der Waals surface area contributed by atoms with Crippen LogP contribution in [0.25, 0.3) is 0 Å². The number of nitrogens with zero attached hydrogens (tertiary/aromatic N) is 3. The van der Waals surface area contributed by atoms with E-state index in [1.807, 2.05) is 12.1 Å². The van der Waals surface area contributed by atoms with E-state index in [1.54, 1.807) is 48.5 Å². The fraction of sp³-hybridized carbons (Fsp3) is 0.105. The predicted molar refractivity (Wildman–Crippen MR) is 94.2 cm³/mol. The van der Waals surface area contributed by atoms with Gasteiger partial charge in [0.1, 0.15) is 0 Å². The Hall–Kier alpha value is -3.42. The third kappa shape index (κ3) is 4.22. The van der Waals surface area contributed by atoms with E-state index in [0.717, 1.165) is 10.9 Å². The Morgan fingerprint density at radius 2 is 1.52 bits per heavy atom. The van der Waals surface area contributed by atoms with Crippen molar-refractivity contribution in [3.63, 3.8) is 0 Å². The molecule has 0 spiro atoms. The minimum Gasteiger partial charge on any atom is -0.274 e. The Bertz CT molecular complexity index is 922. The summed E-state index contributed by atoms with van der Waals surface area (Å²) in [5.74, 6) is -0.986. The molecule has 27 heavy (non-hydrogen) atoms. The Kier molecular flexibility index (Phi) is 5.07. The molecular weight excluding hydrogens is 357 g/mol. The molecule has 8 heteroatoms. The Morgan fingerprint density at radius 3 is 2.00 bits per heavy atom. The average Bonchev–Trinajstić information content (AvgIpc) is 3.06. The van der Waals surface area contributed by atoms with Crippen LogP contribution in [0.1, 0.15) is 27.2 Å². The molecular formula is C19H15F3N4O. The van der Waals surface area contributed by atoms with Crippen molar-refractivity contribution in [1.82, 2.24) is 15.2 Å². The Balaban J connectivity index is 1.95. The molecule has 1 aromatic heterocycles. The van der Waals surface area contributed by atoms with Crippen molar-refractivity contribution in [3.8, 4) is 0 Å². The van der Waals surface area contributed by atoms with Gasteiger partial charge in [0.25, 0.3) is 5.91 Å².